The van der Waals surface area contributed by atoms with Crippen molar-refractivity contribution in [3.63, 3.8) is 0 Å². The fourth-order valence-electron chi connectivity index (χ4n) is 4.95. The SMILES string of the molecule is CN1C[C@@H](c2cc(N(C)C)nc(C3CCN(C(=O)CN4CCCCC4)CC3)n2)CC1=O. The van der Waals surface area contributed by atoms with Crippen molar-refractivity contribution in [2.45, 2.75) is 50.4 Å². The Kier molecular flexibility index (Phi) is 6.74. The summed E-state index contributed by atoms with van der Waals surface area (Å²) in [6.07, 6.45) is 6.01. The zero-order chi connectivity index (χ0) is 22.0. The van der Waals surface area contributed by atoms with E-state index in [4.69, 9.17) is 9.97 Å². The highest BCUT2D eigenvalue weighted by Crippen LogP contribution is 2.32. The predicted molar refractivity (Wildman–Crippen MR) is 120 cm³/mol. The summed E-state index contributed by atoms with van der Waals surface area (Å²) >= 11 is 0. The Morgan fingerprint density at radius 1 is 1.06 bits per heavy atom. The highest BCUT2D eigenvalue weighted by molar-refractivity contribution is 5.79. The van der Waals surface area contributed by atoms with Crippen molar-refractivity contribution < 1.29 is 9.59 Å². The second-order valence-electron chi connectivity index (χ2n) is 9.57. The van der Waals surface area contributed by atoms with E-state index in [1.165, 1.54) is 19.3 Å². The van der Waals surface area contributed by atoms with Crippen LogP contribution < -0.4 is 4.90 Å². The van der Waals surface area contributed by atoms with E-state index in [1.54, 1.807) is 4.90 Å². The van der Waals surface area contributed by atoms with Crippen molar-refractivity contribution in [1.29, 1.82) is 0 Å². The van der Waals surface area contributed by atoms with E-state index in [1.807, 2.05) is 37.0 Å². The molecule has 4 heterocycles. The summed E-state index contributed by atoms with van der Waals surface area (Å²) in [6, 6.07) is 2.03. The van der Waals surface area contributed by atoms with Crippen molar-refractivity contribution in [3.05, 3.63) is 17.6 Å². The van der Waals surface area contributed by atoms with Crippen LogP contribution in [0.4, 0.5) is 5.82 Å². The van der Waals surface area contributed by atoms with Gasteiger partial charge in [0.2, 0.25) is 11.8 Å². The van der Waals surface area contributed by atoms with Crippen molar-refractivity contribution >= 4 is 17.6 Å². The standard InChI is InChI=1S/C23H36N6O2/c1-26(2)20-14-19(18-13-21(30)27(3)15-18)24-23(25-20)17-7-11-29(12-8-17)22(31)16-28-9-5-4-6-10-28/h14,17-18H,4-13,15-16H2,1-3H3/t18-/m0/s1. The Hall–Kier alpha value is -2.22. The topological polar surface area (TPSA) is 72.9 Å². The maximum atomic E-state index is 12.8. The Morgan fingerprint density at radius 2 is 1.77 bits per heavy atom. The number of anilines is 1. The molecule has 3 saturated heterocycles. The normalized spacial score (nSPS) is 23.5. The number of rotatable bonds is 5. The summed E-state index contributed by atoms with van der Waals surface area (Å²) in [5, 5.41) is 0. The zero-order valence-electron chi connectivity index (χ0n) is 19.2. The molecule has 0 saturated carbocycles. The van der Waals surface area contributed by atoms with E-state index < -0.39 is 0 Å². The number of carbonyl (C=O) groups excluding carboxylic acids is 2. The Labute approximate surface area is 185 Å². The fraction of sp³-hybridized carbons (Fsp3) is 0.739. The predicted octanol–water partition coefficient (Wildman–Crippen LogP) is 1.68. The molecule has 2 amide bonds. The van der Waals surface area contributed by atoms with Crippen LogP contribution in [0.25, 0.3) is 0 Å². The molecule has 1 aromatic heterocycles. The molecule has 8 heteroatoms. The van der Waals surface area contributed by atoms with E-state index in [0.717, 1.165) is 56.4 Å². The minimum absolute atomic E-state index is 0.129. The van der Waals surface area contributed by atoms with Gasteiger partial charge in [0.05, 0.1) is 12.2 Å². The number of nitrogens with zero attached hydrogens (tertiary/aromatic N) is 6. The van der Waals surface area contributed by atoms with Crippen LogP contribution in [-0.2, 0) is 9.59 Å². The second kappa shape index (κ2) is 9.51. The van der Waals surface area contributed by atoms with Gasteiger partial charge < -0.3 is 14.7 Å². The molecular formula is C23H36N6O2. The third kappa shape index (κ3) is 5.17. The highest BCUT2D eigenvalue weighted by Gasteiger charge is 2.32. The molecular weight excluding hydrogens is 392 g/mol. The van der Waals surface area contributed by atoms with E-state index in [-0.39, 0.29) is 23.7 Å². The van der Waals surface area contributed by atoms with Gasteiger partial charge in [-0.3, -0.25) is 14.5 Å². The molecule has 4 rings (SSSR count). The van der Waals surface area contributed by atoms with Crippen molar-refractivity contribution in [2.75, 3.05) is 65.3 Å². The van der Waals surface area contributed by atoms with Gasteiger partial charge in [0.1, 0.15) is 11.6 Å². The highest BCUT2D eigenvalue weighted by atomic mass is 16.2. The maximum Gasteiger partial charge on any atom is 0.236 e. The first-order valence-electron chi connectivity index (χ1n) is 11.7. The quantitative estimate of drug-likeness (QED) is 0.711. The van der Waals surface area contributed by atoms with Gasteiger partial charge in [-0.1, -0.05) is 6.42 Å². The molecule has 0 unspecified atom stereocenters. The molecule has 0 radical (unpaired) electrons. The largest absolute Gasteiger partial charge is 0.363 e. The van der Waals surface area contributed by atoms with Crippen LogP contribution in [0.15, 0.2) is 6.07 Å². The molecule has 3 fully saturated rings. The third-order valence-corrected chi connectivity index (χ3v) is 6.99. The van der Waals surface area contributed by atoms with E-state index in [0.29, 0.717) is 19.5 Å². The third-order valence-electron chi connectivity index (χ3n) is 6.99. The van der Waals surface area contributed by atoms with Gasteiger partial charge in [-0.15, -0.1) is 0 Å². The summed E-state index contributed by atoms with van der Waals surface area (Å²) in [5.41, 5.74) is 0.968. The number of likely N-dealkylation sites (tertiary alicyclic amines) is 3. The van der Waals surface area contributed by atoms with Gasteiger partial charge in [0.15, 0.2) is 0 Å². The van der Waals surface area contributed by atoms with Crippen LogP contribution in [0.5, 0.6) is 0 Å². The van der Waals surface area contributed by atoms with Gasteiger partial charge in [0.25, 0.3) is 0 Å². The fourth-order valence-corrected chi connectivity index (χ4v) is 4.95. The number of hydrogen-bond donors (Lipinski definition) is 0. The van der Waals surface area contributed by atoms with Crippen LogP contribution in [0.1, 0.15) is 61.9 Å². The molecule has 0 aliphatic carbocycles. The molecule has 3 aliphatic heterocycles. The van der Waals surface area contributed by atoms with E-state index in [9.17, 15) is 9.59 Å². The van der Waals surface area contributed by atoms with Gasteiger partial charge in [-0.05, 0) is 38.8 Å². The number of likely N-dealkylation sites (N-methyl/N-ethyl adjacent to an activating group) is 1. The molecule has 0 bridgehead atoms. The lowest BCUT2D eigenvalue weighted by atomic mass is 9.95. The van der Waals surface area contributed by atoms with Crippen LogP contribution in [0.3, 0.4) is 0 Å². The van der Waals surface area contributed by atoms with Gasteiger partial charge in [0, 0.05) is 65.1 Å². The molecule has 8 nitrogen and oxygen atoms in total. The van der Waals surface area contributed by atoms with E-state index in [2.05, 4.69) is 4.90 Å². The summed E-state index contributed by atoms with van der Waals surface area (Å²) in [6.45, 7) is 4.92. The van der Waals surface area contributed by atoms with Crippen LogP contribution >= 0.6 is 0 Å². The van der Waals surface area contributed by atoms with Crippen LogP contribution in [0, 0.1) is 0 Å². The minimum atomic E-state index is 0.129. The van der Waals surface area contributed by atoms with Gasteiger partial charge >= 0.3 is 0 Å². The van der Waals surface area contributed by atoms with Crippen molar-refractivity contribution in [3.8, 4) is 0 Å². The monoisotopic (exact) mass is 428 g/mol. The summed E-state index contributed by atoms with van der Waals surface area (Å²) in [4.78, 5) is 42.7. The van der Waals surface area contributed by atoms with Crippen LogP contribution in [0.2, 0.25) is 0 Å². The molecule has 1 atom stereocenters. The van der Waals surface area contributed by atoms with Gasteiger partial charge in [-0.2, -0.15) is 0 Å². The molecule has 3 aliphatic rings. The first-order chi connectivity index (χ1) is 14.9. The maximum absolute atomic E-state index is 12.8. The lowest BCUT2D eigenvalue weighted by Gasteiger charge is -2.34. The first kappa shape index (κ1) is 22.0. The number of amides is 2. The molecule has 0 aromatic carbocycles. The molecule has 0 N–H and O–H groups in total. The Balaban J connectivity index is 1.41. The number of carbonyl (C=O) groups is 2. The Bertz CT molecular complexity index is 799. The lowest BCUT2D eigenvalue weighted by molar-refractivity contribution is -0.133. The molecule has 0 spiro atoms. The zero-order valence-corrected chi connectivity index (χ0v) is 19.2. The first-order valence-corrected chi connectivity index (χ1v) is 11.7. The van der Waals surface area contributed by atoms with E-state index >= 15 is 0 Å². The summed E-state index contributed by atoms with van der Waals surface area (Å²) in [5.74, 6) is 2.59. The smallest absolute Gasteiger partial charge is 0.236 e. The average Bonchev–Trinajstić information content (AvgIpc) is 3.12. The molecule has 31 heavy (non-hydrogen) atoms. The van der Waals surface area contributed by atoms with Crippen LogP contribution in [-0.4, -0.2) is 96.9 Å². The Morgan fingerprint density at radius 3 is 2.39 bits per heavy atom. The molecule has 170 valence electrons. The second-order valence-corrected chi connectivity index (χ2v) is 9.57. The summed E-state index contributed by atoms with van der Waals surface area (Å²) in [7, 11) is 5.83. The van der Waals surface area contributed by atoms with Gasteiger partial charge in [-0.25, -0.2) is 9.97 Å². The summed E-state index contributed by atoms with van der Waals surface area (Å²) < 4.78 is 0. The molecule has 1 aromatic rings. The van der Waals surface area contributed by atoms with Crippen molar-refractivity contribution in [2.24, 2.45) is 0 Å². The minimum Gasteiger partial charge on any atom is -0.363 e. The lowest BCUT2D eigenvalue weighted by Crippen LogP contribution is -2.45. The van der Waals surface area contributed by atoms with Crippen molar-refractivity contribution in [1.82, 2.24) is 24.7 Å². The number of aromatic nitrogens is 2. The number of hydrogen-bond acceptors (Lipinski definition) is 6. The number of piperidine rings is 2. The average molecular weight is 429 g/mol.